The van der Waals surface area contributed by atoms with Crippen molar-refractivity contribution in [1.82, 2.24) is 0 Å². The van der Waals surface area contributed by atoms with E-state index in [-0.39, 0.29) is 11.9 Å². The van der Waals surface area contributed by atoms with E-state index in [0.717, 1.165) is 44.2 Å². The Morgan fingerprint density at radius 1 is 0.679 bits per heavy atom. The van der Waals surface area contributed by atoms with Crippen molar-refractivity contribution < 1.29 is 23.2 Å². The van der Waals surface area contributed by atoms with Crippen LogP contribution in [0.1, 0.15) is 46.0 Å². The Morgan fingerprint density at radius 3 is 1.43 bits per heavy atom. The highest BCUT2D eigenvalue weighted by Gasteiger charge is 2.32. The molecular formula is C21H40O5Si2. The van der Waals surface area contributed by atoms with Gasteiger partial charge in [0.15, 0.2) is 16.6 Å². The summed E-state index contributed by atoms with van der Waals surface area (Å²) in [6, 6.07) is 2.19. The van der Waals surface area contributed by atoms with Crippen molar-refractivity contribution in [3.8, 4) is 0 Å². The number of ether oxygens (including phenoxy) is 2. The monoisotopic (exact) mass is 428 g/mol. The molecule has 0 aromatic heterocycles. The highest BCUT2D eigenvalue weighted by Crippen LogP contribution is 2.25. The van der Waals surface area contributed by atoms with Crippen molar-refractivity contribution in [3.05, 3.63) is 24.3 Å². The molecule has 0 aliphatic rings. The lowest BCUT2D eigenvalue weighted by atomic mass is 10.3. The van der Waals surface area contributed by atoms with E-state index in [1.165, 1.54) is 0 Å². The minimum Gasteiger partial charge on any atom is -0.462 e. The van der Waals surface area contributed by atoms with Crippen molar-refractivity contribution in [1.29, 1.82) is 0 Å². The normalized spacial score (nSPS) is 11.8. The quantitative estimate of drug-likeness (QED) is 0.147. The first-order valence-electron chi connectivity index (χ1n) is 10.2. The number of unbranched alkanes of at least 4 members (excludes halogenated alkanes) is 3. The van der Waals surface area contributed by atoms with Gasteiger partial charge >= 0.3 is 11.9 Å². The van der Waals surface area contributed by atoms with Crippen LogP contribution in [-0.4, -0.2) is 41.8 Å². The van der Waals surface area contributed by atoms with Gasteiger partial charge in [-0.25, -0.2) is 9.59 Å². The van der Waals surface area contributed by atoms with Gasteiger partial charge < -0.3 is 13.6 Å². The summed E-state index contributed by atoms with van der Waals surface area (Å²) in [7, 11) is -3.41. The summed E-state index contributed by atoms with van der Waals surface area (Å²) in [4.78, 5) is 22.7. The Labute approximate surface area is 173 Å². The van der Waals surface area contributed by atoms with Crippen LogP contribution in [0, 0.1) is 0 Å². The average molecular weight is 429 g/mol. The smallest absolute Gasteiger partial charge is 0.333 e. The maximum Gasteiger partial charge on any atom is 0.333 e. The van der Waals surface area contributed by atoms with Gasteiger partial charge in [-0.15, -0.1) is 0 Å². The maximum absolute atomic E-state index is 11.4. The van der Waals surface area contributed by atoms with E-state index in [1.807, 2.05) is 0 Å². The molecule has 0 aliphatic heterocycles. The fourth-order valence-electron chi connectivity index (χ4n) is 2.91. The average Bonchev–Trinajstić information content (AvgIpc) is 2.55. The number of carbonyl (C=O) groups is 2. The van der Waals surface area contributed by atoms with E-state index < -0.39 is 16.6 Å². The molecule has 0 saturated heterocycles. The Bertz CT molecular complexity index is 541. The molecule has 0 aromatic carbocycles. The first-order valence-corrected chi connectivity index (χ1v) is 16.4. The van der Waals surface area contributed by atoms with E-state index in [9.17, 15) is 9.59 Å². The van der Waals surface area contributed by atoms with Crippen molar-refractivity contribution in [2.75, 3.05) is 13.2 Å². The maximum atomic E-state index is 11.4. The lowest BCUT2D eigenvalue weighted by Gasteiger charge is -2.34. The molecular weight excluding hydrogens is 388 g/mol. The molecule has 0 amide bonds. The second-order valence-corrected chi connectivity index (χ2v) is 17.6. The zero-order valence-corrected chi connectivity index (χ0v) is 20.8. The van der Waals surface area contributed by atoms with Crippen molar-refractivity contribution >= 4 is 28.6 Å². The first-order chi connectivity index (χ1) is 12.9. The molecule has 0 radical (unpaired) electrons. The molecule has 28 heavy (non-hydrogen) atoms. The van der Waals surface area contributed by atoms with Gasteiger partial charge in [0.1, 0.15) is 0 Å². The van der Waals surface area contributed by atoms with Gasteiger partial charge in [0, 0.05) is 11.1 Å². The van der Waals surface area contributed by atoms with Crippen molar-refractivity contribution in [2.45, 2.75) is 84.2 Å². The van der Waals surface area contributed by atoms with Crippen LogP contribution in [0.2, 0.25) is 38.3 Å². The fraction of sp³-hybridized carbons (Fsp3) is 0.714. The molecule has 0 saturated carbocycles. The van der Waals surface area contributed by atoms with Gasteiger partial charge in [-0.05, 0) is 65.0 Å². The molecule has 0 heterocycles. The summed E-state index contributed by atoms with van der Waals surface area (Å²) in [5.41, 5.74) is 0.892. The molecule has 0 spiro atoms. The summed E-state index contributed by atoms with van der Waals surface area (Å²) in [5.74, 6) is -0.615. The van der Waals surface area contributed by atoms with E-state index in [1.54, 1.807) is 13.8 Å². The summed E-state index contributed by atoms with van der Waals surface area (Å²) < 4.78 is 16.9. The minimum atomic E-state index is -1.72. The SMILES string of the molecule is C=C(C)C(=O)OCCCCC[Si](C)(C)O[Si](C)(C)CCCCOC(=O)C(=C)C. The molecule has 0 fully saturated rings. The number of esters is 2. The Balaban J connectivity index is 3.98. The van der Waals surface area contributed by atoms with Gasteiger partial charge in [0.2, 0.25) is 0 Å². The first kappa shape index (κ1) is 26.8. The van der Waals surface area contributed by atoms with Crippen molar-refractivity contribution in [2.24, 2.45) is 0 Å². The van der Waals surface area contributed by atoms with Crippen LogP contribution in [0.15, 0.2) is 24.3 Å². The largest absolute Gasteiger partial charge is 0.462 e. The van der Waals surface area contributed by atoms with Gasteiger partial charge in [-0.2, -0.15) is 0 Å². The summed E-state index contributed by atoms with van der Waals surface area (Å²) >= 11 is 0. The number of hydrogen-bond acceptors (Lipinski definition) is 5. The third-order valence-corrected chi connectivity index (χ3v) is 11.8. The molecule has 0 N–H and O–H groups in total. The topological polar surface area (TPSA) is 61.8 Å². The van der Waals surface area contributed by atoms with Gasteiger partial charge in [0.25, 0.3) is 0 Å². The van der Waals surface area contributed by atoms with E-state index in [4.69, 9.17) is 13.6 Å². The van der Waals surface area contributed by atoms with Crippen LogP contribution in [0.4, 0.5) is 0 Å². The van der Waals surface area contributed by atoms with Crippen LogP contribution < -0.4 is 0 Å². The van der Waals surface area contributed by atoms with Crippen LogP contribution in [0.5, 0.6) is 0 Å². The van der Waals surface area contributed by atoms with Crippen molar-refractivity contribution in [3.63, 3.8) is 0 Å². The minimum absolute atomic E-state index is 0.305. The molecule has 0 atom stereocenters. The van der Waals surface area contributed by atoms with Crippen LogP contribution in [0.25, 0.3) is 0 Å². The third-order valence-electron chi connectivity index (χ3n) is 4.31. The zero-order chi connectivity index (χ0) is 21.8. The standard InChI is InChI=1S/C21H40O5Si2/c1-18(2)20(22)24-14-10-9-12-16-27(5,6)26-28(7,8)17-13-11-15-25-21(23)19(3)4/h1,3,9-17H2,2,4-8H3. The van der Waals surface area contributed by atoms with E-state index in [0.29, 0.717) is 24.4 Å². The molecule has 162 valence electrons. The summed E-state index contributed by atoms with van der Waals surface area (Å²) in [6.45, 7) is 20.5. The van der Waals surface area contributed by atoms with E-state index >= 15 is 0 Å². The molecule has 0 aliphatic carbocycles. The molecule has 5 nitrogen and oxygen atoms in total. The zero-order valence-electron chi connectivity index (χ0n) is 18.8. The predicted molar refractivity (Wildman–Crippen MR) is 120 cm³/mol. The van der Waals surface area contributed by atoms with Crippen LogP contribution in [0.3, 0.4) is 0 Å². The number of rotatable bonds is 15. The van der Waals surface area contributed by atoms with Crippen LogP contribution >= 0.6 is 0 Å². The lowest BCUT2D eigenvalue weighted by Crippen LogP contribution is -2.44. The molecule has 0 bridgehead atoms. The van der Waals surface area contributed by atoms with Crippen LogP contribution in [-0.2, 0) is 23.2 Å². The Hall–Kier alpha value is -1.19. The van der Waals surface area contributed by atoms with Gasteiger partial charge in [-0.1, -0.05) is 32.4 Å². The summed E-state index contributed by atoms with van der Waals surface area (Å²) in [5, 5.41) is 0. The molecule has 7 heteroatoms. The lowest BCUT2D eigenvalue weighted by molar-refractivity contribution is -0.139. The Morgan fingerprint density at radius 2 is 1.04 bits per heavy atom. The Kier molecular flexibility index (Phi) is 12.6. The predicted octanol–water partition coefficient (Wildman–Crippen LogP) is 5.60. The molecule has 0 aromatic rings. The third kappa shape index (κ3) is 13.9. The second-order valence-electron chi connectivity index (χ2n) is 8.72. The molecule has 0 rings (SSSR count). The summed E-state index contributed by atoms with van der Waals surface area (Å²) in [6.07, 6.45) is 4.91. The van der Waals surface area contributed by atoms with E-state index in [2.05, 4.69) is 39.3 Å². The number of hydrogen-bond donors (Lipinski definition) is 0. The second kappa shape index (κ2) is 13.1. The highest BCUT2D eigenvalue weighted by atomic mass is 28.4. The number of carbonyl (C=O) groups excluding carboxylic acids is 2. The van der Waals surface area contributed by atoms with Gasteiger partial charge in [0.05, 0.1) is 13.2 Å². The van der Waals surface area contributed by atoms with Gasteiger partial charge in [-0.3, -0.25) is 0 Å². The highest BCUT2D eigenvalue weighted by molar-refractivity contribution is 6.84. The fourth-order valence-corrected chi connectivity index (χ4v) is 11.9. The molecule has 0 unspecified atom stereocenters.